The molecule has 3 heterocycles. The second kappa shape index (κ2) is 4.98. The van der Waals surface area contributed by atoms with Gasteiger partial charge in [-0.3, -0.25) is 14.9 Å². The molecule has 1 aromatic carbocycles. The van der Waals surface area contributed by atoms with Gasteiger partial charge in [-0.05, 0) is 18.2 Å². The number of H-pyrrole nitrogens is 1. The number of aromatic nitrogens is 4. The minimum atomic E-state index is -0.492. The number of rotatable bonds is 2. The molecule has 0 radical (unpaired) electrons. The number of nitro benzene ring substituents is 1. The summed E-state index contributed by atoms with van der Waals surface area (Å²) in [4.78, 5) is 34.2. The van der Waals surface area contributed by atoms with Gasteiger partial charge in [-0.25, -0.2) is 9.97 Å². The van der Waals surface area contributed by atoms with Crippen molar-refractivity contribution >= 4 is 27.8 Å². The number of nitrogens with zero attached hydrogens (tertiary/aromatic N) is 4. The fourth-order valence-electron chi connectivity index (χ4n) is 2.77. The molecule has 0 bridgehead atoms. The first-order valence-electron chi connectivity index (χ1n) is 7.13. The number of pyridine rings is 1. The van der Waals surface area contributed by atoms with Gasteiger partial charge in [-0.15, -0.1) is 0 Å². The van der Waals surface area contributed by atoms with E-state index >= 15 is 0 Å². The number of hydrogen-bond acceptors (Lipinski definition) is 5. The Morgan fingerprint density at radius 2 is 2.12 bits per heavy atom. The van der Waals surface area contributed by atoms with Gasteiger partial charge < -0.3 is 9.55 Å². The molecule has 0 saturated heterocycles. The van der Waals surface area contributed by atoms with Crippen molar-refractivity contribution < 1.29 is 4.92 Å². The molecule has 0 spiro atoms. The molecule has 24 heavy (non-hydrogen) atoms. The zero-order chi connectivity index (χ0) is 16.8. The SMILES string of the molecule is Cn1cc(-c2nc3cc([N+](=O)[O-])ccc3[nH]c2=O)c2cccnc21. The number of non-ortho nitro benzene ring substituents is 1. The van der Waals surface area contributed by atoms with Crippen LogP contribution in [0.25, 0.3) is 33.3 Å². The van der Waals surface area contributed by atoms with E-state index in [9.17, 15) is 14.9 Å². The van der Waals surface area contributed by atoms with Gasteiger partial charge >= 0.3 is 0 Å². The quantitative estimate of drug-likeness (QED) is 0.450. The molecule has 8 nitrogen and oxygen atoms in total. The smallest absolute Gasteiger partial charge is 0.275 e. The second-order valence-corrected chi connectivity index (χ2v) is 5.40. The normalized spacial score (nSPS) is 11.2. The van der Waals surface area contributed by atoms with Crippen molar-refractivity contribution in [2.45, 2.75) is 0 Å². The van der Waals surface area contributed by atoms with Crippen LogP contribution in [0.5, 0.6) is 0 Å². The Morgan fingerprint density at radius 1 is 1.29 bits per heavy atom. The van der Waals surface area contributed by atoms with Crippen molar-refractivity contribution in [1.29, 1.82) is 0 Å². The first-order chi connectivity index (χ1) is 11.5. The van der Waals surface area contributed by atoms with Crippen molar-refractivity contribution in [3.8, 4) is 11.3 Å². The predicted octanol–water partition coefficient (Wildman–Crippen LogP) is 2.38. The van der Waals surface area contributed by atoms with Crippen molar-refractivity contribution in [2.75, 3.05) is 0 Å². The average molecular weight is 321 g/mol. The number of nitrogens with one attached hydrogen (secondary N) is 1. The van der Waals surface area contributed by atoms with Gasteiger partial charge in [0.25, 0.3) is 11.2 Å². The van der Waals surface area contributed by atoms with E-state index < -0.39 is 4.92 Å². The Balaban J connectivity index is 2.03. The van der Waals surface area contributed by atoms with Gasteiger partial charge in [-0.2, -0.15) is 0 Å². The third-order valence-electron chi connectivity index (χ3n) is 3.88. The van der Waals surface area contributed by atoms with E-state index in [-0.39, 0.29) is 16.9 Å². The Hall–Kier alpha value is -3.55. The van der Waals surface area contributed by atoms with Gasteiger partial charge in [0.05, 0.1) is 16.0 Å². The Kier molecular flexibility index (Phi) is 2.92. The first kappa shape index (κ1) is 14.1. The van der Waals surface area contributed by atoms with Crippen molar-refractivity contribution in [3.05, 3.63) is 63.2 Å². The van der Waals surface area contributed by atoms with E-state index in [0.717, 1.165) is 11.0 Å². The number of hydrogen-bond donors (Lipinski definition) is 1. The highest BCUT2D eigenvalue weighted by Crippen LogP contribution is 2.27. The molecular weight excluding hydrogens is 310 g/mol. The molecule has 0 aliphatic heterocycles. The van der Waals surface area contributed by atoms with Crippen LogP contribution in [0.1, 0.15) is 0 Å². The van der Waals surface area contributed by atoms with Crippen LogP contribution in [0.3, 0.4) is 0 Å². The van der Waals surface area contributed by atoms with Crippen LogP contribution in [0.4, 0.5) is 5.69 Å². The lowest BCUT2D eigenvalue weighted by molar-refractivity contribution is -0.384. The molecule has 0 saturated carbocycles. The summed E-state index contributed by atoms with van der Waals surface area (Å²) >= 11 is 0. The van der Waals surface area contributed by atoms with Crippen molar-refractivity contribution in [1.82, 2.24) is 19.5 Å². The maximum atomic E-state index is 12.4. The minimum absolute atomic E-state index is 0.0763. The Labute approximate surface area is 134 Å². The number of fused-ring (bicyclic) bond motifs is 2. The van der Waals surface area contributed by atoms with Gasteiger partial charge in [0.1, 0.15) is 11.3 Å². The topological polar surface area (TPSA) is 107 Å². The lowest BCUT2D eigenvalue weighted by Gasteiger charge is -2.02. The molecule has 3 aromatic heterocycles. The Morgan fingerprint density at radius 3 is 2.92 bits per heavy atom. The van der Waals surface area contributed by atoms with Crippen LogP contribution < -0.4 is 5.56 Å². The lowest BCUT2D eigenvalue weighted by Crippen LogP contribution is -2.11. The summed E-state index contributed by atoms with van der Waals surface area (Å²) < 4.78 is 1.81. The molecule has 4 aromatic rings. The van der Waals surface area contributed by atoms with Crippen molar-refractivity contribution in [2.24, 2.45) is 7.05 Å². The number of nitro groups is 1. The zero-order valence-corrected chi connectivity index (χ0v) is 12.6. The van der Waals surface area contributed by atoms with Gasteiger partial charge in [0, 0.05) is 42.5 Å². The maximum absolute atomic E-state index is 12.4. The fraction of sp³-hybridized carbons (Fsp3) is 0.0625. The fourth-order valence-corrected chi connectivity index (χ4v) is 2.77. The van der Waals surface area contributed by atoms with Crippen LogP contribution in [0.15, 0.2) is 47.5 Å². The predicted molar refractivity (Wildman–Crippen MR) is 88.7 cm³/mol. The molecule has 8 heteroatoms. The standard InChI is InChI=1S/C16H11N5O3/c1-20-8-11(10-3-2-6-17-15(10)20)14-16(22)19-12-5-4-9(21(23)24)7-13(12)18-14/h2-8H,1H3,(H,19,22). The van der Waals surface area contributed by atoms with E-state index in [1.54, 1.807) is 18.5 Å². The zero-order valence-electron chi connectivity index (χ0n) is 12.6. The monoisotopic (exact) mass is 321 g/mol. The lowest BCUT2D eigenvalue weighted by atomic mass is 10.1. The molecule has 0 aliphatic rings. The van der Waals surface area contributed by atoms with E-state index in [4.69, 9.17) is 0 Å². The van der Waals surface area contributed by atoms with E-state index in [0.29, 0.717) is 16.6 Å². The molecule has 0 fully saturated rings. The van der Waals surface area contributed by atoms with Gasteiger partial charge in [-0.1, -0.05) is 0 Å². The molecule has 0 atom stereocenters. The highest BCUT2D eigenvalue weighted by Gasteiger charge is 2.16. The summed E-state index contributed by atoms with van der Waals surface area (Å²) in [7, 11) is 1.83. The first-order valence-corrected chi connectivity index (χ1v) is 7.13. The van der Waals surface area contributed by atoms with Crippen LogP contribution in [-0.2, 0) is 7.05 Å². The number of aryl methyl sites for hydroxylation is 1. The maximum Gasteiger partial charge on any atom is 0.275 e. The summed E-state index contributed by atoms with van der Waals surface area (Å²) in [5.74, 6) is 0. The average Bonchev–Trinajstić information content (AvgIpc) is 2.91. The Bertz CT molecular complexity index is 1180. The number of aromatic amines is 1. The summed E-state index contributed by atoms with van der Waals surface area (Å²) in [6.45, 7) is 0. The third kappa shape index (κ3) is 2.04. The summed E-state index contributed by atoms with van der Waals surface area (Å²) in [6, 6.07) is 7.80. The summed E-state index contributed by atoms with van der Waals surface area (Å²) in [6.07, 6.45) is 3.45. The highest BCUT2D eigenvalue weighted by molar-refractivity contribution is 5.93. The third-order valence-corrected chi connectivity index (χ3v) is 3.88. The minimum Gasteiger partial charge on any atom is -0.335 e. The van der Waals surface area contributed by atoms with E-state index in [1.165, 1.54) is 18.2 Å². The molecule has 4 rings (SSSR count). The summed E-state index contributed by atoms with van der Waals surface area (Å²) in [5, 5.41) is 11.7. The van der Waals surface area contributed by atoms with Crippen LogP contribution in [-0.4, -0.2) is 24.4 Å². The van der Waals surface area contributed by atoms with E-state index in [2.05, 4.69) is 15.0 Å². The summed E-state index contributed by atoms with van der Waals surface area (Å²) in [5.41, 5.74) is 1.96. The van der Waals surface area contributed by atoms with E-state index in [1.807, 2.05) is 17.7 Å². The van der Waals surface area contributed by atoms with Gasteiger partial charge in [0.15, 0.2) is 0 Å². The van der Waals surface area contributed by atoms with Gasteiger partial charge in [0.2, 0.25) is 0 Å². The van der Waals surface area contributed by atoms with Crippen LogP contribution >= 0.6 is 0 Å². The highest BCUT2D eigenvalue weighted by atomic mass is 16.6. The molecule has 0 aliphatic carbocycles. The van der Waals surface area contributed by atoms with Crippen LogP contribution in [0, 0.1) is 10.1 Å². The number of benzene rings is 1. The second-order valence-electron chi connectivity index (χ2n) is 5.40. The largest absolute Gasteiger partial charge is 0.335 e. The molecule has 1 N–H and O–H groups in total. The van der Waals surface area contributed by atoms with Crippen LogP contribution in [0.2, 0.25) is 0 Å². The molecule has 0 unspecified atom stereocenters. The van der Waals surface area contributed by atoms with Crippen molar-refractivity contribution in [3.63, 3.8) is 0 Å². The molecule has 0 amide bonds. The molecular formula is C16H11N5O3. The molecule has 118 valence electrons.